The Morgan fingerprint density at radius 1 is 0.975 bits per heavy atom. The van der Waals surface area contributed by atoms with Crippen molar-refractivity contribution in [2.45, 2.75) is 31.6 Å². The van der Waals surface area contributed by atoms with Gasteiger partial charge in [0.2, 0.25) is 0 Å². The molecular formula is C29H26N6O4S. The minimum atomic E-state index is -3.38. The zero-order chi connectivity index (χ0) is 28.3. The van der Waals surface area contributed by atoms with Gasteiger partial charge in [0.15, 0.2) is 15.5 Å². The van der Waals surface area contributed by atoms with Gasteiger partial charge < -0.3 is 15.5 Å². The number of nitrogens with zero attached hydrogens (tertiary/aromatic N) is 4. The van der Waals surface area contributed by atoms with Crippen molar-refractivity contribution in [3.63, 3.8) is 0 Å². The summed E-state index contributed by atoms with van der Waals surface area (Å²) in [6.45, 7) is 3.82. The van der Waals surface area contributed by atoms with Gasteiger partial charge in [0, 0.05) is 29.3 Å². The molecule has 11 heteroatoms. The van der Waals surface area contributed by atoms with Crippen LogP contribution in [0.3, 0.4) is 0 Å². The molecule has 0 unspecified atom stereocenters. The van der Waals surface area contributed by atoms with Gasteiger partial charge in [-0.15, -0.1) is 0 Å². The van der Waals surface area contributed by atoms with Crippen LogP contribution >= 0.6 is 0 Å². The Morgan fingerprint density at radius 2 is 1.73 bits per heavy atom. The van der Waals surface area contributed by atoms with Crippen LogP contribution in [0.1, 0.15) is 43.4 Å². The van der Waals surface area contributed by atoms with E-state index in [2.05, 4.69) is 15.4 Å². The molecule has 3 aromatic heterocycles. The summed E-state index contributed by atoms with van der Waals surface area (Å²) >= 11 is 0. The third-order valence-electron chi connectivity index (χ3n) is 7.23. The van der Waals surface area contributed by atoms with Crippen molar-refractivity contribution in [2.75, 3.05) is 11.6 Å². The molecule has 0 aliphatic heterocycles. The molecule has 3 N–H and O–H groups in total. The first-order chi connectivity index (χ1) is 19.0. The summed E-state index contributed by atoms with van der Waals surface area (Å²) in [5, 5.41) is 7.49. The van der Waals surface area contributed by atoms with Crippen LogP contribution in [0.2, 0.25) is 0 Å². The van der Waals surface area contributed by atoms with Crippen LogP contribution in [0, 0.1) is 13.8 Å². The van der Waals surface area contributed by atoms with Crippen LogP contribution in [-0.2, 0) is 22.7 Å². The Bertz CT molecular complexity index is 1970. The summed E-state index contributed by atoms with van der Waals surface area (Å²) in [4.78, 5) is 30.3. The number of imidazole rings is 1. The number of hydrogen-bond donors (Lipinski definition) is 2. The SMILES string of the molecule is Cc1ccn2c(C)c(C(=O)Nc3ccc4c(c3)-c3c(c(C(N)=O)nn3-c3ccc(S(C)(=O)=O)cc3)CC4)nc2c1. The third-order valence-corrected chi connectivity index (χ3v) is 8.36. The Morgan fingerprint density at radius 3 is 2.42 bits per heavy atom. The van der Waals surface area contributed by atoms with Gasteiger partial charge >= 0.3 is 0 Å². The number of pyridine rings is 1. The van der Waals surface area contributed by atoms with Crippen LogP contribution in [0.15, 0.2) is 65.7 Å². The van der Waals surface area contributed by atoms with E-state index in [1.54, 1.807) is 16.8 Å². The van der Waals surface area contributed by atoms with Gasteiger partial charge in [0.05, 0.1) is 22.0 Å². The fourth-order valence-corrected chi connectivity index (χ4v) is 5.84. The Balaban J connectivity index is 1.42. The highest BCUT2D eigenvalue weighted by molar-refractivity contribution is 7.90. The predicted molar refractivity (Wildman–Crippen MR) is 151 cm³/mol. The number of rotatable bonds is 5. The van der Waals surface area contributed by atoms with E-state index in [1.165, 1.54) is 12.1 Å². The molecule has 0 saturated heterocycles. The fourth-order valence-electron chi connectivity index (χ4n) is 5.21. The number of amides is 2. The van der Waals surface area contributed by atoms with Crippen molar-refractivity contribution in [1.29, 1.82) is 0 Å². The Labute approximate surface area is 230 Å². The van der Waals surface area contributed by atoms with Crippen LogP contribution in [-0.4, -0.2) is 45.7 Å². The zero-order valence-corrected chi connectivity index (χ0v) is 22.9. The molecule has 0 bridgehead atoms. The lowest BCUT2D eigenvalue weighted by Crippen LogP contribution is -2.16. The van der Waals surface area contributed by atoms with E-state index < -0.39 is 15.7 Å². The van der Waals surface area contributed by atoms with E-state index in [0.717, 1.165) is 28.6 Å². The molecule has 6 rings (SSSR count). The molecule has 0 radical (unpaired) electrons. The topological polar surface area (TPSA) is 141 Å². The first-order valence-electron chi connectivity index (χ1n) is 12.6. The molecule has 202 valence electrons. The lowest BCUT2D eigenvalue weighted by molar-refractivity contribution is 0.0991. The van der Waals surface area contributed by atoms with Crippen molar-refractivity contribution in [3.8, 4) is 16.9 Å². The second-order valence-corrected chi connectivity index (χ2v) is 12.0. The van der Waals surface area contributed by atoms with Crippen LogP contribution in [0.5, 0.6) is 0 Å². The van der Waals surface area contributed by atoms with Gasteiger partial charge in [0.25, 0.3) is 11.8 Å². The number of hydrogen-bond acceptors (Lipinski definition) is 6. The average molecular weight is 555 g/mol. The van der Waals surface area contributed by atoms with Crippen molar-refractivity contribution in [1.82, 2.24) is 19.2 Å². The highest BCUT2D eigenvalue weighted by Gasteiger charge is 2.29. The van der Waals surface area contributed by atoms with Gasteiger partial charge in [-0.05, 0) is 86.3 Å². The average Bonchev–Trinajstić information content (AvgIpc) is 3.46. The number of fused-ring (bicyclic) bond motifs is 4. The number of nitrogens with two attached hydrogens (primary N) is 1. The quantitative estimate of drug-likeness (QED) is 0.340. The molecule has 1 aliphatic rings. The predicted octanol–water partition coefficient (Wildman–Crippen LogP) is 3.66. The van der Waals surface area contributed by atoms with Crippen LogP contribution in [0.25, 0.3) is 22.6 Å². The number of nitrogens with one attached hydrogen (secondary N) is 1. The first kappa shape index (κ1) is 25.5. The summed E-state index contributed by atoms with van der Waals surface area (Å²) in [7, 11) is -3.38. The number of primary amides is 1. The number of carbonyl (C=O) groups excluding carboxylic acids is 2. The van der Waals surface area contributed by atoms with E-state index in [9.17, 15) is 18.0 Å². The largest absolute Gasteiger partial charge is 0.364 e. The molecule has 1 aliphatic carbocycles. The minimum absolute atomic E-state index is 0.165. The van der Waals surface area contributed by atoms with Crippen molar-refractivity contribution in [3.05, 3.63) is 94.6 Å². The molecule has 2 amide bonds. The standard InChI is InChI=1S/C29H26N6O4S/c1-16-12-13-34-17(2)25(32-24(34)14-16)29(37)31-19-6-4-18-5-11-22-26(28(30)36)33-35(27(22)23(18)15-19)20-7-9-21(10-8-20)40(3,38)39/h4,6-10,12-15H,5,11H2,1-3H3,(H2,30,36)(H,31,37). The van der Waals surface area contributed by atoms with Crippen molar-refractivity contribution in [2.24, 2.45) is 5.73 Å². The second kappa shape index (κ2) is 9.16. The van der Waals surface area contributed by atoms with E-state index in [1.807, 2.05) is 54.8 Å². The third kappa shape index (κ3) is 4.24. The van der Waals surface area contributed by atoms with Gasteiger partial charge in [-0.2, -0.15) is 5.10 Å². The maximum atomic E-state index is 13.3. The number of anilines is 1. The number of aryl methyl sites for hydroxylation is 3. The summed E-state index contributed by atoms with van der Waals surface area (Å²) in [6, 6.07) is 15.8. The van der Waals surface area contributed by atoms with E-state index in [4.69, 9.17) is 5.73 Å². The van der Waals surface area contributed by atoms with E-state index in [0.29, 0.717) is 46.8 Å². The number of sulfone groups is 1. The molecule has 3 heterocycles. The Hall–Kier alpha value is -4.77. The number of carbonyl (C=O) groups is 2. The Kier molecular flexibility index (Phi) is 5.84. The summed E-state index contributed by atoms with van der Waals surface area (Å²) in [5.74, 6) is -0.981. The molecule has 0 spiro atoms. The molecule has 0 saturated carbocycles. The van der Waals surface area contributed by atoms with Gasteiger partial charge in [-0.3, -0.25) is 9.59 Å². The number of benzene rings is 2. The van der Waals surface area contributed by atoms with Gasteiger partial charge in [0.1, 0.15) is 11.3 Å². The van der Waals surface area contributed by atoms with Gasteiger partial charge in [-0.25, -0.2) is 18.1 Å². The normalized spacial score (nSPS) is 12.7. The van der Waals surface area contributed by atoms with Crippen LogP contribution < -0.4 is 11.1 Å². The minimum Gasteiger partial charge on any atom is -0.364 e. The second-order valence-electron chi connectivity index (χ2n) is 10.0. The summed E-state index contributed by atoms with van der Waals surface area (Å²) < 4.78 is 27.4. The molecule has 0 fully saturated rings. The van der Waals surface area contributed by atoms with Crippen molar-refractivity contribution < 1.29 is 18.0 Å². The van der Waals surface area contributed by atoms with Crippen LogP contribution in [0.4, 0.5) is 5.69 Å². The maximum absolute atomic E-state index is 13.3. The molecule has 5 aromatic rings. The monoisotopic (exact) mass is 554 g/mol. The first-order valence-corrected chi connectivity index (χ1v) is 14.5. The smallest absolute Gasteiger partial charge is 0.276 e. The summed E-state index contributed by atoms with van der Waals surface area (Å²) in [5.41, 5.74) is 13.0. The number of aromatic nitrogens is 4. The zero-order valence-electron chi connectivity index (χ0n) is 22.1. The lowest BCUT2D eigenvalue weighted by atomic mass is 9.88. The van der Waals surface area contributed by atoms with E-state index in [-0.39, 0.29) is 16.5 Å². The summed E-state index contributed by atoms with van der Waals surface area (Å²) in [6.07, 6.45) is 4.27. The highest BCUT2D eigenvalue weighted by atomic mass is 32.2. The highest BCUT2D eigenvalue weighted by Crippen LogP contribution is 2.38. The lowest BCUT2D eigenvalue weighted by Gasteiger charge is -2.20. The van der Waals surface area contributed by atoms with E-state index >= 15 is 0 Å². The molecule has 0 atom stereocenters. The molecule has 2 aromatic carbocycles. The van der Waals surface area contributed by atoms with Crippen molar-refractivity contribution >= 4 is 33.0 Å². The molecule has 40 heavy (non-hydrogen) atoms. The fraction of sp³-hybridized carbons (Fsp3) is 0.172. The molecular weight excluding hydrogens is 528 g/mol. The molecule has 10 nitrogen and oxygen atoms in total. The maximum Gasteiger partial charge on any atom is 0.276 e. The van der Waals surface area contributed by atoms with Gasteiger partial charge in [-0.1, -0.05) is 6.07 Å².